The van der Waals surface area contributed by atoms with Crippen LogP contribution in [-0.2, 0) is 4.79 Å². The minimum atomic E-state index is -1.06. The van der Waals surface area contributed by atoms with E-state index in [9.17, 15) is 9.59 Å². The number of carboxylic acids is 1. The Labute approximate surface area is 112 Å². The summed E-state index contributed by atoms with van der Waals surface area (Å²) >= 11 is 0. The number of amides is 1. The SMILES string of the molecule is CCNC(=O)CN(CC)c1ccc(C(=O)O)c(N)c1. The molecule has 0 heterocycles. The molecule has 1 aromatic rings. The van der Waals surface area contributed by atoms with Crippen LogP contribution in [0.5, 0.6) is 0 Å². The van der Waals surface area contributed by atoms with Crippen molar-refractivity contribution in [1.82, 2.24) is 5.32 Å². The number of benzene rings is 1. The van der Waals surface area contributed by atoms with E-state index in [1.807, 2.05) is 18.7 Å². The molecule has 0 aliphatic carbocycles. The van der Waals surface area contributed by atoms with Crippen molar-refractivity contribution in [2.24, 2.45) is 0 Å². The molecule has 0 radical (unpaired) electrons. The second-order valence-corrected chi connectivity index (χ2v) is 4.04. The molecule has 0 aromatic heterocycles. The molecule has 1 aromatic carbocycles. The number of nitrogens with two attached hydrogens (primary N) is 1. The summed E-state index contributed by atoms with van der Waals surface area (Å²) < 4.78 is 0. The second kappa shape index (κ2) is 6.63. The zero-order valence-electron chi connectivity index (χ0n) is 11.1. The third kappa shape index (κ3) is 3.87. The summed E-state index contributed by atoms with van der Waals surface area (Å²) in [7, 11) is 0. The highest BCUT2D eigenvalue weighted by atomic mass is 16.4. The van der Waals surface area contributed by atoms with Gasteiger partial charge in [-0.25, -0.2) is 4.79 Å². The lowest BCUT2D eigenvalue weighted by molar-refractivity contribution is -0.119. The monoisotopic (exact) mass is 265 g/mol. The minimum absolute atomic E-state index is 0.0674. The molecule has 19 heavy (non-hydrogen) atoms. The molecule has 0 unspecified atom stereocenters. The molecule has 0 fully saturated rings. The number of carbonyl (C=O) groups excluding carboxylic acids is 1. The van der Waals surface area contributed by atoms with Gasteiger partial charge in [-0.3, -0.25) is 4.79 Å². The average molecular weight is 265 g/mol. The van der Waals surface area contributed by atoms with Crippen LogP contribution in [0, 0.1) is 0 Å². The first-order valence-corrected chi connectivity index (χ1v) is 6.14. The number of hydrogen-bond donors (Lipinski definition) is 3. The molecular formula is C13H19N3O3. The summed E-state index contributed by atoms with van der Waals surface area (Å²) in [6.07, 6.45) is 0. The largest absolute Gasteiger partial charge is 0.478 e. The van der Waals surface area contributed by atoms with Gasteiger partial charge in [0, 0.05) is 24.5 Å². The fraction of sp³-hybridized carbons (Fsp3) is 0.385. The molecular weight excluding hydrogens is 246 g/mol. The van der Waals surface area contributed by atoms with Crippen LogP contribution in [0.2, 0.25) is 0 Å². The van der Waals surface area contributed by atoms with E-state index in [4.69, 9.17) is 10.8 Å². The first-order chi connectivity index (χ1) is 8.99. The molecule has 0 aliphatic rings. The molecule has 4 N–H and O–H groups in total. The van der Waals surface area contributed by atoms with Crippen molar-refractivity contribution in [2.45, 2.75) is 13.8 Å². The Kier molecular flexibility index (Phi) is 5.17. The second-order valence-electron chi connectivity index (χ2n) is 4.04. The Morgan fingerprint density at radius 2 is 2.05 bits per heavy atom. The van der Waals surface area contributed by atoms with Gasteiger partial charge in [-0.1, -0.05) is 0 Å². The highest BCUT2D eigenvalue weighted by Crippen LogP contribution is 2.21. The fourth-order valence-electron chi connectivity index (χ4n) is 1.75. The zero-order valence-corrected chi connectivity index (χ0v) is 11.1. The van der Waals surface area contributed by atoms with Gasteiger partial charge < -0.3 is 21.1 Å². The van der Waals surface area contributed by atoms with E-state index in [1.165, 1.54) is 6.07 Å². The number of carboxylic acid groups (broad SMARTS) is 1. The summed E-state index contributed by atoms with van der Waals surface area (Å²) in [5.41, 5.74) is 6.69. The molecule has 6 heteroatoms. The predicted octanol–water partition coefficient (Wildman–Crippen LogP) is 0.929. The molecule has 0 saturated heterocycles. The van der Waals surface area contributed by atoms with Gasteiger partial charge in [0.15, 0.2) is 0 Å². The van der Waals surface area contributed by atoms with Gasteiger partial charge in [0.2, 0.25) is 5.91 Å². The summed E-state index contributed by atoms with van der Waals surface area (Å²) in [5.74, 6) is -1.14. The van der Waals surface area contributed by atoms with Gasteiger partial charge in [-0.2, -0.15) is 0 Å². The van der Waals surface area contributed by atoms with Crippen LogP contribution >= 0.6 is 0 Å². The number of nitrogens with zero attached hydrogens (tertiary/aromatic N) is 1. The molecule has 0 spiro atoms. The third-order valence-corrected chi connectivity index (χ3v) is 2.72. The number of aromatic carboxylic acids is 1. The Balaban J connectivity index is 2.90. The van der Waals surface area contributed by atoms with E-state index >= 15 is 0 Å². The maximum Gasteiger partial charge on any atom is 0.337 e. The highest BCUT2D eigenvalue weighted by Gasteiger charge is 2.13. The number of nitrogen functional groups attached to an aromatic ring is 1. The van der Waals surface area contributed by atoms with Crippen molar-refractivity contribution >= 4 is 23.3 Å². The van der Waals surface area contributed by atoms with Crippen LogP contribution in [0.25, 0.3) is 0 Å². The van der Waals surface area contributed by atoms with Gasteiger partial charge in [0.1, 0.15) is 0 Å². The molecule has 0 aliphatic heterocycles. The average Bonchev–Trinajstić information content (AvgIpc) is 2.35. The predicted molar refractivity (Wildman–Crippen MR) is 74.4 cm³/mol. The molecule has 6 nitrogen and oxygen atoms in total. The Hall–Kier alpha value is -2.24. The smallest absolute Gasteiger partial charge is 0.337 e. The van der Waals surface area contributed by atoms with E-state index in [1.54, 1.807) is 12.1 Å². The van der Waals surface area contributed by atoms with Crippen molar-refractivity contribution in [3.05, 3.63) is 23.8 Å². The molecule has 104 valence electrons. The molecule has 1 rings (SSSR count). The maximum atomic E-state index is 11.6. The van der Waals surface area contributed by atoms with Gasteiger partial charge in [0.25, 0.3) is 0 Å². The Bertz CT molecular complexity index is 474. The van der Waals surface area contributed by atoms with E-state index in [0.29, 0.717) is 13.1 Å². The van der Waals surface area contributed by atoms with E-state index in [-0.39, 0.29) is 23.7 Å². The number of hydrogen-bond acceptors (Lipinski definition) is 4. The summed E-state index contributed by atoms with van der Waals surface area (Å²) in [4.78, 5) is 24.3. The summed E-state index contributed by atoms with van der Waals surface area (Å²) in [5, 5.41) is 11.6. The zero-order chi connectivity index (χ0) is 14.4. The lowest BCUT2D eigenvalue weighted by Gasteiger charge is -2.23. The topological polar surface area (TPSA) is 95.7 Å². The van der Waals surface area contributed by atoms with Crippen molar-refractivity contribution in [3.63, 3.8) is 0 Å². The molecule has 0 atom stereocenters. The number of anilines is 2. The van der Waals surface area contributed by atoms with Gasteiger partial charge in [-0.05, 0) is 32.0 Å². The summed E-state index contributed by atoms with van der Waals surface area (Å²) in [6, 6.07) is 4.68. The summed E-state index contributed by atoms with van der Waals surface area (Å²) in [6.45, 7) is 5.20. The standard InChI is InChI=1S/C13H19N3O3/c1-3-15-12(17)8-16(4-2)9-5-6-10(13(18)19)11(14)7-9/h5-7H,3-4,8,14H2,1-2H3,(H,15,17)(H,18,19). The van der Waals surface area contributed by atoms with Crippen molar-refractivity contribution in [2.75, 3.05) is 30.3 Å². The molecule has 0 saturated carbocycles. The van der Waals surface area contributed by atoms with Crippen molar-refractivity contribution < 1.29 is 14.7 Å². The van der Waals surface area contributed by atoms with Gasteiger partial charge >= 0.3 is 5.97 Å². The van der Waals surface area contributed by atoms with Gasteiger partial charge in [0.05, 0.1) is 12.1 Å². The van der Waals surface area contributed by atoms with Gasteiger partial charge in [-0.15, -0.1) is 0 Å². The number of nitrogens with one attached hydrogen (secondary N) is 1. The fourth-order valence-corrected chi connectivity index (χ4v) is 1.75. The minimum Gasteiger partial charge on any atom is -0.478 e. The highest BCUT2D eigenvalue weighted by molar-refractivity contribution is 5.94. The number of likely N-dealkylation sites (N-methyl/N-ethyl adjacent to an activating group) is 2. The van der Waals surface area contributed by atoms with Crippen LogP contribution in [0.1, 0.15) is 24.2 Å². The van der Waals surface area contributed by atoms with Crippen LogP contribution < -0.4 is 16.0 Å². The molecule has 1 amide bonds. The molecule has 0 bridgehead atoms. The van der Waals surface area contributed by atoms with E-state index < -0.39 is 5.97 Å². The van der Waals surface area contributed by atoms with Crippen LogP contribution in [-0.4, -0.2) is 36.6 Å². The number of rotatable bonds is 6. The maximum absolute atomic E-state index is 11.6. The van der Waals surface area contributed by atoms with Crippen LogP contribution in [0.4, 0.5) is 11.4 Å². The quantitative estimate of drug-likeness (QED) is 0.665. The van der Waals surface area contributed by atoms with Crippen molar-refractivity contribution in [1.29, 1.82) is 0 Å². The van der Waals surface area contributed by atoms with Crippen molar-refractivity contribution in [3.8, 4) is 0 Å². The Morgan fingerprint density at radius 1 is 1.37 bits per heavy atom. The first kappa shape index (κ1) is 14.8. The van der Waals surface area contributed by atoms with Crippen LogP contribution in [0.15, 0.2) is 18.2 Å². The van der Waals surface area contributed by atoms with E-state index in [2.05, 4.69) is 5.32 Å². The Morgan fingerprint density at radius 3 is 2.53 bits per heavy atom. The van der Waals surface area contributed by atoms with Crippen LogP contribution in [0.3, 0.4) is 0 Å². The normalized spacial score (nSPS) is 10.0. The third-order valence-electron chi connectivity index (χ3n) is 2.72. The number of carbonyl (C=O) groups is 2. The lowest BCUT2D eigenvalue weighted by Crippen LogP contribution is -2.37. The van der Waals surface area contributed by atoms with E-state index in [0.717, 1.165) is 5.69 Å². The first-order valence-electron chi connectivity index (χ1n) is 6.14. The lowest BCUT2D eigenvalue weighted by atomic mass is 10.1.